The number of aryl methyl sites for hydroxylation is 1. The van der Waals surface area contributed by atoms with Crippen LogP contribution in [0.25, 0.3) is 10.9 Å². The number of benzene rings is 3. The highest BCUT2D eigenvalue weighted by molar-refractivity contribution is 5.82. The predicted octanol–water partition coefficient (Wildman–Crippen LogP) is 4.27. The second-order valence-electron chi connectivity index (χ2n) is 9.49. The number of hydrogen-bond donors (Lipinski definition) is 1. The molecule has 2 aromatic heterocycles. The molecule has 0 fully saturated rings. The molecule has 0 bridgehead atoms. The number of tetrazole rings is 1. The van der Waals surface area contributed by atoms with Crippen LogP contribution in [0, 0.1) is 6.92 Å². The zero-order valence-electron chi connectivity index (χ0n) is 22.4. The van der Waals surface area contributed by atoms with E-state index in [-0.39, 0.29) is 5.56 Å². The molecule has 9 heteroatoms. The van der Waals surface area contributed by atoms with Gasteiger partial charge in [0.25, 0.3) is 5.56 Å². The third-order valence-electron chi connectivity index (χ3n) is 6.86. The Morgan fingerprint density at radius 2 is 1.69 bits per heavy atom. The quantitative estimate of drug-likeness (QED) is 0.276. The van der Waals surface area contributed by atoms with Crippen molar-refractivity contribution >= 4 is 10.9 Å². The molecule has 0 radical (unpaired) electrons. The molecule has 0 amide bonds. The fourth-order valence-corrected chi connectivity index (χ4v) is 4.87. The molecule has 0 aliphatic heterocycles. The second kappa shape index (κ2) is 12.0. The summed E-state index contributed by atoms with van der Waals surface area (Å²) < 4.78 is 12.4. The SMILES string of the molecule is COCCn1nnnc1[C@@H](c1cc2cccc(C)c2[nH]c1=O)N(Cc1ccccc1)Cc1ccc(OC)cc1. The number of hydrogen-bond acceptors (Lipinski definition) is 7. The Labute approximate surface area is 227 Å². The van der Waals surface area contributed by atoms with Crippen LogP contribution in [0.3, 0.4) is 0 Å². The first kappa shape index (κ1) is 26.3. The minimum atomic E-state index is -0.534. The van der Waals surface area contributed by atoms with E-state index >= 15 is 0 Å². The third kappa shape index (κ3) is 5.89. The summed E-state index contributed by atoms with van der Waals surface area (Å²) in [6.45, 7) is 4.01. The molecule has 0 saturated carbocycles. The van der Waals surface area contributed by atoms with Crippen molar-refractivity contribution in [1.29, 1.82) is 0 Å². The van der Waals surface area contributed by atoms with Crippen molar-refractivity contribution in [1.82, 2.24) is 30.1 Å². The highest BCUT2D eigenvalue weighted by Crippen LogP contribution is 2.30. The van der Waals surface area contributed by atoms with E-state index in [2.05, 4.69) is 37.5 Å². The van der Waals surface area contributed by atoms with Crippen LogP contribution in [0.2, 0.25) is 0 Å². The molecule has 0 saturated heterocycles. The largest absolute Gasteiger partial charge is 0.497 e. The van der Waals surface area contributed by atoms with E-state index in [9.17, 15) is 4.79 Å². The zero-order valence-corrected chi connectivity index (χ0v) is 22.4. The average Bonchev–Trinajstić information content (AvgIpc) is 3.42. The summed E-state index contributed by atoms with van der Waals surface area (Å²) in [7, 11) is 3.30. The van der Waals surface area contributed by atoms with Crippen LogP contribution in [-0.2, 0) is 24.4 Å². The Kier molecular flexibility index (Phi) is 8.10. The Hall–Kier alpha value is -4.34. The van der Waals surface area contributed by atoms with Crippen LogP contribution in [0.4, 0.5) is 0 Å². The molecule has 5 aromatic rings. The minimum Gasteiger partial charge on any atom is -0.497 e. The molecule has 0 unspecified atom stereocenters. The number of methoxy groups -OCH3 is 2. The molecule has 0 aliphatic rings. The van der Waals surface area contributed by atoms with Gasteiger partial charge in [-0.2, -0.15) is 0 Å². The molecule has 2 heterocycles. The maximum atomic E-state index is 13.7. The Bertz CT molecular complexity index is 1580. The fraction of sp³-hybridized carbons (Fsp3) is 0.267. The minimum absolute atomic E-state index is 0.170. The van der Waals surface area contributed by atoms with E-state index in [4.69, 9.17) is 9.47 Å². The topological polar surface area (TPSA) is 98.2 Å². The number of ether oxygens (including phenoxy) is 2. The van der Waals surface area contributed by atoms with E-state index in [0.717, 1.165) is 33.3 Å². The van der Waals surface area contributed by atoms with E-state index in [1.807, 2.05) is 73.7 Å². The number of rotatable bonds is 11. The molecule has 39 heavy (non-hydrogen) atoms. The summed E-state index contributed by atoms with van der Waals surface area (Å²) in [5.41, 5.74) is 4.42. The molecule has 5 rings (SSSR count). The maximum Gasteiger partial charge on any atom is 0.253 e. The Balaban J connectivity index is 1.68. The summed E-state index contributed by atoms with van der Waals surface area (Å²) in [6.07, 6.45) is 0. The lowest BCUT2D eigenvalue weighted by molar-refractivity contribution is 0.169. The molecular weight excluding hydrogens is 492 g/mol. The predicted molar refractivity (Wildman–Crippen MR) is 150 cm³/mol. The van der Waals surface area contributed by atoms with Crippen LogP contribution < -0.4 is 10.3 Å². The van der Waals surface area contributed by atoms with Crippen LogP contribution in [0.1, 0.15) is 34.1 Å². The van der Waals surface area contributed by atoms with Crippen molar-refractivity contribution in [2.75, 3.05) is 20.8 Å². The van der Waals surface area contributed by atoms with Crippen LogP contribution in [-0.4, -0.2) is 50.9 Å². The lowest BCUT2D eigenvalue weighted by atomic mass is 10.0. The van der Waals surface area contributed by atoms with Gasteiger partial charge in [0.1, 0.15) is 11.8 Å². The molecule has 9 nitrogen and oxygen atoms in total. The molecule has 0 aliphatic carbocycles. The monoisotopic (exact) mass is 524 g/mol. The highest BCUT2D eigenvalue weighted by Gasteiger charge is 2.31. The number of nitrogens with one attached hydrogen (secondary N) is 1. The first-order valence-electron chi connectivity index (χ1n) is 12.9. The van der Waals surface area contributed by atoms with E-state index < -0.39 is 6.04 Å². The van der Waals surface area contributed by atoms with Gasteiger partial charge in [0.2, 0.25) is 0 Å². The number of aromatic amines is 1. The van der Waals surface area contributed by atoms with Gasteiger partial charge in [0.15, 0.2) is 5.82 Å². The van der Waals surface area contributed by atoms with Gasteiger partial charge >= 0.3 is 0 Å². The van der Waals surface area contributed by atoms with Crippen molar-refractivity contribution in [3.05, 3.63) is 117 Å². The highest BCUT2D eigenvalue weighted by atomic mass is 16.5. The normalized spacial score (nSPS) is 12.2. The van der Waals surface area contributed by atoms with E-state index in [1.54, 1.807) is 18.9 Å². The summed E-state index contributed by atoms with van der Waals surface area (Å²) in [6, 6.07) is 25.6. The number of H-pyrrole nitrogens is 1. The number of pyridine rings is 1. The van der Waals surface area contributed by atoms with Crippen LogP contribution in [0.15, 0.2) is 83.7 Å². The first-order valence-corrected chi connectivity index (χ1v) is 12.9. The number of aromatic nitrogens is 5. The van der Waals surface area contributed by atoms with Crippen LogP contribution in [0.5, 0.6) is 5.75 Å². The first-order chi connectivity index (χ1) is 19.1. The van der Waals surface area contributed by atoms with Gasteiger partial charge in [-0.3, -0.25) is 9.69 Å². The van der Waals surface area contributed by atoms with Gasteiger partial charge in [0.05, 0.1) is 25.8 Å². The Morgan fingerprint density at radius 1 is 0.949 bits per heavy atom. The van der Waals surface area contributed by atoms with Crippen molar-refractivity contribution in [2.24, 2.45) is 0 Å². The number of nitrogens with zero attached hydrogens (tertiary/aromatic N) is 5. The van der Waals surface area contributed by atoms with Gasteiger partial charge in [-0.15, -0.1) is 5.10 Å². The molecule has 1 N–H and O–H groups in total. The summed E-state index contributed by atoms with van der Waals surface area (Å²) in [5.74, 6) is 1.36. The fourth-order valence-electron chi connectivity index (χ4n) is 4.87. The van der Waals surface area contributed by atoms with E-state index in [1.165, 1.54) is 0 Å². The van der Waals surface area contributed by atoms with Crippen molar-refractivity contribution in [3.63, 3.8) is 0 Å². The zero-order chi connectivity index (χ0) is 27.2. The molecule has 200 valence electrons. The van der Waals surface area contributed by atoms with Crippen molar-refractivity contribution in [2.45, 2.75) is 32.6 Å². The average molecular weight is 525 g/mol. The summed E-state index contributed by atoms with van der Waals surface area (Å²) in [4.78, 5) is 19.1. The summed E-state index contributed by atoms with van der Waals surface area (Å²) >= 11 is 0. The van der Waals surface area contributed by atoms with Gasteiger partial charge in [-0.25, -0.2) is 4.68 Å². The third-order valence-corrected chi connectivity index (χ3v) is 6.86. The number of fused-ring (bicyclic) bond motifs is 1. The molecule has 0 spiro atoms. The van der Waals surface area contributed by atoms with Crippen molar-refractivity contribution < 1.29 is 9.47 Å². The van der Waals surface area contributed by atoms with E-state index in [0.29, 0.717) is 37.6 Å². The van der Waals surface area contributed by atoms with Gasteiger partial charge in [0, 0.05) is 25.8 Å². The van der Waals surface area contributed by atoms with Crippen molar-refractivity contribution in [3.8, 4) is 5.75 Å². The number of para-hydroxylation sites is 1. The lowest BCUT2D eigenvalue weighted by Gasteiger charge is -2.31. The lowest BCUT2D eigenvalue weighted by Crippen LogP contribution is -2.35. The Morgan fingerprint density at radius 3 is 2.41 bits per heavy atom. The maximum absolute atomic E-state index is 13.7. The van der Waals surface area contributed by atoms with Gasteiger partial charge < -0.3 is 14.5 Å². The standard InChI is InChI=1S/C30H32N6O3/c1-21-8-7-11-24-18-26(30(37)31-27(21)24)28(29-32-33-34-36(29)16-17-38-2)35(19-22-9-5-4-6-10-22)20-23-12-14-25(39-3)15-13-23/h4-15,18,28H,16-17,19-20H2,1-3H3,(H,31,37)/t28-/m1/s1. The van der Waals surface area contributed by atoms with Gasteiger partial charge in [-0.1, -0.05) is 60.7 Å². The second-order valence-corrected chi connectivity index (χ2v) is 9.49. The molecule has 1 atom stereocenters. The van der Waals surface area contributed by atoms with Crippen LogP contribution >= 0.6 is 0 Å². The molecular formula is C30H32N6O3. The summed E-state index contributed by atoms with van der Waals surface area (Å²) in [5, 5.41) is 13.6. The molecule has 3 aromatic carbocycles. The smallest absolute Gasteiger partial charge is 0.253 e. The van der Waals surface area contributed by atoms with Gasteiger partial charge in [-0.05, 0) is 57.6 Å².